The number of benzene rings is 3. The number of sulfonamides is 1. The van der Waals surface area contributed by atoms with Crippen molar-refractivity contribution in [1.82, 2.24) is 10.2 Å². The Morgan fingerprint density at radius 2 is 1.49 bits per heavy atom. The third kappa shape index (κ3) is 8.48. The minimum absolute atomic E-state index is 0.0891. The number of amides is 2. The van der Waals surface area contributed by atoms with Crippen molar-refractivity contribution in [1.29, 1.82) is 0 Å². The summed E-state index contributed by atoms with van der Waals surface area (Å²) < 4.78 is 30.2. The molecule has 0 aromatic heterocycles. The van der Waals surface area contributed by atoms with Crippen LogP contribution in [-0.4, -0.2) is 43.8 Å². The van der Waals surface area contributed by atoms with Gasteiger partial charge in [0.1, 0.15) is 12.6 Å². The molecule has 0 unspecified atom stereocenters. The predicted octanol–water partition coefficient (Wildman–Crippen LogP) is 6.94. The van der Waals surface area contributed by atoms with E-state index in [1.54, 1.807) is 43.3 Å². The number of rotatable bonds is 11. The summed E-state index contributed by atoms with van der Waals surface area (Å²) in [6.45, 7) is 7.45. The number of carbonyl (C=O) groups excluding carboxylic acids is 2. The smallest absolute Gasteiger partial charge is 0.264 e. The van der Waals surface area contributed by atoms with Gasteiger partial charge in [0.05, 0.1) is 10.6 Å². The second kappa shape index (κ2) is 14.5. The minimum Gasteiger partial charge on any atom is -0.352 e. The fourth-order valence-corrected chi connectivity index (χ4v) is 7.01. The Morgan fingerprint density at radius 1 is 0.884 bits per heavy atom. The second-order valence-corrected chi connectivity index (χ2v) is 14.5. The molecule has 9 heteroatoms. The van der Waals surface area contributed by atoms with Crippen LogP contribution in [0, 0.1) is 6.92 Å². The topological polar surface area (TPSA) is 86.8 Å². The molecule has 1 N–H and O–H groups in total. The van der Waals surface area contributed by atoms with Crippen LogP contribution in [0.4, 0.5) is 5.69 Å². The van der Waals surface area contributed by atoms with Crippen molar-refractivity contribution in [2.75, 3.05) is 10.8 Å². The highest BCUT2D eigenvalue weighted by Crippen LogP contribution is 2.27. The first-order valence-electron chi connectivity index (χ1n) is 15.0. The number of nitrogens with zero attached hydrogens (tertiary/aromatic N) is 2. The van der Waals surface area contributed by atoms with E-state index in [2.05, 4.69) is 35.1 Å². The van der Waals surface area contributed by atoms with Gasteiger partial charge >= 0.3 is 0 Å². The Bertz CT molecular complexity index is 1480. The van der Waals surface area contributed by atoms with Gasteiger partial charge in [-0.3, -0.25) is 13.9 Å². The largest absolute Gasteiger partial charge is 0.352 e. The van der Waals surface area contributed by atoms with Crippen LogP contribution in [0.15, 0.2) is 82.2 Å². The summed E-state index contributed by atoms with van der Waals surface area (Å²) >= 11 is 3.45. The Balaban J connectivity index is 1.68. The van der Waals surface area contributed by atoms with Gasteiger partial charge in [-0.25, -0.2) is 8.42 Å². The molecule has 2 amide bonds. The van der Waals surface area contributed by atoms with Crippen molar-refractivity contribution < 1.29 is 18.0 Å². The van der Waals surface area contributed by atoms with E-state index < -0.39 is 28.5 Å². The molecule has 0 spiro atoms. The van der Waals surface area contributed by atoms with E-state index in [0.717, 1.165) is 51.2 Å². The van der Waals surface area contributed by atoms with Crippen LogP contribution < -0.4 is 9.62 Å². The number of nitrogens with one attached hydrogen (secondary N) is 1. The number of halogens is 1. The summed E-state index contributed by atoms with van der Waals surface area (Å²) in [6, 6.07) is 20.7. The van der Waals surface area contributed by atoms with E-state index in [4.69, 9.17) is 0 Å². The highest BCUT2D eigenvalue weighted by molar-refractivity contribution is 9.10. The maximum atomic E-state index is 14.2. The highest BCUT2D eigenvalue weighted by atomic mass is 79.9. The van der Waals surface area contributed by atoms with E-state index in [1.165, 1.54) is 11.3 Å². The molecule has 0 bridgehead atoms. The number of anilines is 1. The van der Waals surface area contributed by atoms with Crippen molar-refractivity contribution >= 4 is 43.5 Å². The Kier molecular flexibility index (Phi) is 11.1. The van der Waals surface area contributed by atoms with Gasteiger partial charge in [0.2, 0.25) is 11.8 Å². The molecule has 1 atom stereocenters. The second-order valence-electron chi connectivity index (χ2n) is 11.7. The summed E-state index contributed by atoms with van der Waals surface area (Å²) in [6.07, 6.45) is 5.16. The lowest BCUT2D eigenvalue weighted by Crippen LogP contribution is -2.53. The molecule has 3 aromatic rings. The lowest BCUT2D eigenvalue weighted by atomic mass is 9.95. The molecule has 4 rings (SSSR count). The van der Waals surface area contributed by atoms with Crippen LogP contribution in [0.3, 0.4) is 0 Å². The van der Waals surface area contributed by atoms with Gasteiger partial charge in [-0.05, 0) is 80.1 Å². The molecule has 3 aromatic carbocycles. The summed E-state index contributed by atoms with van der Waals surface area (Å²) in [7, 11) is -4.10. The number of aryl methyl sites for hydroxylation is 1. The molecular formula is C34H42BrN3O4S. The highest BCUT2D eigenvalue weighted by Gasteiger charge is 2.33. The summed E-state index contributed by atoms with van der Waals surface area (Å²) in [5.74, 6) is -0.424. The molecule has 1 saturated carbocycles. The molecule has 0 aliphatic heterocycles. The summed E-state index contributed by atoms with van der Waals surface area (Å²) in [4.78, 5) is 29.2. The average molecular weight is 669 g/mol. The van der Waals surface area contributed by atoms with Gasteiger partial charge in [-0.1, -0.05) is 91.0 Å². The molecule has 0 radical (unpaired) electrons. The first-order chi connectivity index (χ1) is 20.5. The van der Waals surface area contributed by atoms with Gasteiger partial charge in [-0.2, -0.15) is 0 Å². The third-order valence-corrected chi connectivity index (χ3v) is 10.4. The van der Waals surface area contributed by atoms with Gasteiger partial charge in [-0.15, -0.1) is 0 Å². The number of hydrogen-bond donors (Lipinski definition) is 1. The maximum Gasteiger partial charge on any atom is 0.264 e. The molecule has 7 nitrogen and oxygen atoms in total. The standard InChI is InChI=1S/C34H42BrN3O4S/c1-24(2)28-14-18-31(19-15-28)38(43(41,42)32-20-10-25(3)11-21-32)23-33(39)37(22-27-12-16-29(35)17-13-27)26(4)34(40)36-30-8-6-5-7-9-30/h10-21,24,26,30H,5-9,22-23H2,1-4H3,(H,36,40)/t26-/m1/s1. The van der Waals surface area contributed by atoms with Crippen LogP contribution in [-0.2, 0) is 26.2 Å². The van der Waals surface area contributed by atoms with Crippen LogP contribution in [0.5, 0.6) is 0 Å². The van der Waals surface area contributed by atoms with Crippen LogP contribution in [0.1, 0.15) is 75.5 Å². The lowest BCUT2D eigenvalue weighted by molar-refractivity contribution is -0.139. The molecule has 1 aliphatic carbocycles. The minimum atomic E-state index is -4.10. The molecule has 230 valence electrons. The van der Waals surface area contributed by atoms with E-state index in [1.807, 2.05) is 43.3 Å². The zero-order valence-electron chi connectivity index (χ0n) is 25.4. The number of carbonyl (C=O) groups is 2. The van der Waals surface area contributed by atoms with E-state index >= 15 is 0 Å². The maximum absolute atomic E-state index is 14.2. The fraction of sp³-hybridized carbons (Fsp3) is 0.412. The SMILES string of the molecule is Cc1ccc(S(=O)(=O)N(CC(=O)N(Cc2ccc(Br)cc2)[C@H](C)C(=O)NC2CCCCC2)c2ccc(C(C)C)cc2)cc1. The van der Waals surface area contributed by atoms with E-state index in [-0.39, 0.29) is 29.3 Å². The van der Waals surface area contributed by atoms with Crippen LogP contribution in [0.25, 0.3) is 0 Å². The molecule has 0 saturated heterocycles. The summed E-state index contributed by atoms with van der Waals surface area (Å²) in [5.41, 5.74) is 3.22. The predicted molar refractivity (Wildman–Crippen MR) is 175 cm³/mol. The van der Waals surface area contributed by atoms with Gasteiger partial charge < -0.3 is 10.2 Å². The molecular weight excluding hydrogens is 626 g/mol. The van der Waals surface area contributed by atoms with Crippen LogP contribution in [0.2, 0.25) is 0 Å². The van der Waals surface area contributed by atoms with Gasteiger partial charge in [0.15, 0.2) is 0 Å². The Morgan fingerprint density at radius 3 is 2.07 bits per heavy atom. The van der Waals surface area contributed by atoms with Crippen molar-refractivity contribution in [3.63, 3.8) is 0 Å². The summed E-state index contributed by atoms with van der Waals surface area (Å²) in [5, 5.41) is 3.14. The van der Waals surface area contributed by atoms with Crippen LogP contribution >= 0.6 is 15.9 Å². The van der Waals surface area contributed by atoms with Gasteiger partial charge in [0.25, 0.3) is 10.0 Å². The lowest BCUT2D eigenvalue weighted by Gasteiger charge is -2.33. The van der Waals surface area contributed by atoms with Crippen molar-refractivity contribution in [3.05, 3.63) is 94.0 Å². The number of hydrogen-bond acceptors (Lipinski definition) is 4. The van der Waals surface area contributed by atoms with E-state index in [9.17, 15) is 18.0 Å². The Labute approximate surface area is 264 Å². The quantitative estimate of drug-likeness (QED) is 0.240. The van der Waals surface area contributed by atoms with Crippen molar-refractivity contribution in [2.24, 2.45) is 0 Å². The first-order valence-corrected chi connectivity index (χ1v) is 17.2. The monoisotopic (exact) mass is 667 g/mol. The normalized spacial score (nSPS) is 14.7. The van der Waals surface area contributed by atoms with E-state index in [0.29, 0.717) is 5.69 Å². The zero-order valence-corrected chi connectivity index (χ0v) is 27.8. The molecule has 43 heavy (non-hydrogen) atoms. The third-order valence-electron chi connectivity index (χ3n) is 8.12. The van der Waals surface area contributed by atoms with Gasteiger partial charge in [0, 0.05) is 17.1 Å². The molecule has 1 aliphatic rings. The van der Waals surface area contributed by atoms with Crippen molar-refractivity contribution in [2.45, 2.75) is 89.2 Å². The average Bonchev–Trinajstić information content (AvgIpc) is 2.99. The zero-order chi connectivity index (χ0) is 31.1. The molecule has 0 heterocycles. The fourth-order valence-electron chi connectivity index (χ4n) is 5.33. The Hall–Kier alpha value is -3.17. The molecule has 1 fully saturated rings. The van der Waals surface area contributed by atoms with Crippen molar-refractivity contribution in [3.8, 4) is 0 Å². The first kappa shape index (κ1) is 32.7.